The van der Waals surface area contributed by atoms with E-state index in [1.165, 1.54) is 11.3 Å². The van der Waals surface area contributed by atoms with Crippen molar-refractivity contribution < 1.29 is 4.79 Å². The van der Waals surface area contributed by atoms with E-state index in [0.717, 1.165) is 15.8 Å². The number of nitrogens with two attached hydrogens (primary N) is 1. The average molecular weight is 272 g/mol. The molecule has 0 saturated heterocycles. The fourth-order valence-corrected chi connectivity index (χ4v) is 2.56. The molecule has 1 aromatic carbocycles. The van der Waals surface area contributed by atoms with Crippen LogP contribution in [0.25, 0.3) is 10.9 Å². The first-order chi connectivity index (χ1) is 9.24. The minimum absolute atomic E-state index is 0.217. The highest BCUT2D eigenvalue weighted by Crippen LogP contribution is 2.20. The Bertz CT molecular complexity index is 704. The Kier molecular flexibility index (Phi) is 3.02. The minimum Gasteiger partial charge on any atom is -0.324 e. The molecule has 6 heteroatoms. The van der Waals surface area contributed by atoms with Crippen molar-refractivity contribution in [3.8, 4) is 0 Å². The second kappa shape index (κ2) is 4.83. The maximum atomic E-state index is 12.0. The number of H-pyrrole nitrogens is 1. The van der Waals surface area contributed by atoms with Crippen molar-refractivity contribution in [2.75, 3.05) is 5.32 Å². The van der Waals surface area contributed by atoms with Crippen LogP contribution in [0.3, 0.4) is 0 Å². The number of hydrogen-bond acceptors (Lipinski definition) is 4. The molecule has 5 nitrogen and oxygen atoms in total. The lowest BCUT2D eigenvalue weighted by atomic mass is 10.2. The number of benzene rings is 1. The monoisotopic (exact) mass is 272 g/mol. The fraction of sp³-hybridized carbons (Fsp3) is 0.0769. The molecule has 0 aliphatic heterocycles. The van der Waals surface area contributed by atoms with E-state index < -0.39 is 6.04 Å². The molecule has 0 fully saturated rings. The van der Waals surface area contributed by atoms with E-state index in [9.17, 15) is 4.79 Å². The van der Waals surface area contributed by atoms with Crippen molar-refractivity contribution in [2.45, 2.75) is 6.04 Å². The Hall–Kier alpha value is -2.18. The largest absolute Gasteiger partial charge is 0.324 e. The van der Waals surface area contributed by atoms with Gasteiger partial charge in [0.1, 0.15) is 6.04 Å². The quantitative estimate of drug-likeness (QED) is 0.683. The topological polar surface area (TPSA) is 83.8 Å². The zero-order chi connectivity index (χ0) is 13.2. The minimum atomic E-state index is -0.639. The zero-order valence-electron chi connectivity index (χ0n) is 9.96. The van der Waals surface area contributed by atoms with Crippen molar-refractivity contribution >= 4 is 33.8 Å². The number of thiophene rings is 1. The van der Waals surface area contributed by atoms with Crippen LogP contribution < -0.4 is 11.1 Å². The summed E-state index contributed by atoms with van der Waals surface area (Å²) in [5, 5.41) is 12.5. The SMILES string of the molecule is NC(C(=O)Nc1ccc2[nH]ncc2c1)c1cccs1. The van der Waals surface area contributed by atoms with E-state index in [2.05, 4.69) is 15.5 Å². The summed E-state index contributed by atoms with van der Waals surface area (Å²) in [6.07, 6.45) is 1.71. The molecule has 1 atom stereocenters. The predicted molar refractivity (Wildman–Crippen MR) is 76.0 cm³/mol. The summed E-state index contributed by atoms with van der Waals surface area (Å²) in [5.41, 5.74) is 7.55. The van der Waals surface area contributed by atoms with Gasteiger partial charge in [-0.1, -0.05) is 6.07 Å². The van der Waals surface area contributed by atoms with E-state index in [0.29, 0.717) is 5.69 Å². The predicted octanol–water partition coefficient (Wildman–Crippen LogP) is 2.26. The van der Waals surface area contributed by atoms with Crippen molar-refractivity contribution in [2.24, 2.45) is 5.73 Å². The Labute approximate surface area is 113 Å². The molecule has 0 aliphatic carbocycles. The van der Waals surface area contributed by atoms with Gasteiger partial charge in [0.2, 0.25) is 5.91 Å². The van der Waals surface area contributed by atoms with Crippen LogP contribution >= 0.6 is 11.3 Å². The molecule has 2 aromatic heterocycles. The van der Waals surface area contributed by atoms with Gasteiger partial charge < -0.3 is 11.1 Å². The summed E-state index contributed by atoms with van der Waals surface area (Å²) in [6, 6.07) is 8.64. The number of carbonyl (C=O) groups excluding carboxylic acids is 1. The Morgan fingerprint density at radius 1 is 1.42 bits per heavy atom. The maximum Gasteiger partial charge on any atom is 0.246 e. The number of nitrogens with one attached hydrogen (secondary N) is 2. The summed E-state index contributed by atoms with van der Waals surface area (Å²) >= 11 is 1.47. The molecule has 0 bridgehead atoms. The van der Waals surface area contributed by atoms with Crippen LogP contribution in [-0.4, -0.2) is 16.1 Å². The molecule has 0 spiro atoms. The molecule has 96 valence electrons. The first-order valence-corrected chi connectivity index (χ1v) is 6.65. The first kappa shape index (κ1) is 11.9. The number of aromatic amines is 1. The lowest BCUT2D eigenvalue weighted by Crippen LogP contribution is -2.26. The third-order valence-corrected chi connectivity index (χ3v) is 3.80. The molecule has 0 saturated carbocycles. The number of anilines is 1. The molecule has 1 unspecified atom stereocenters. The van der Waals surface area contributed by atoms with Gasteiger partial charge in [0, 0.05) is 16.0 Å². The molecular weight excluding hydrogens is 260 g/mol. The summed E-state index contributed by atoms with van der Waals surface area (Å²) in [6.45, 7) is 0. The number of fused-ring (bicyclic) bond motifs is 1. The number of nitrogens with zero attached hydrogens (tertiary/aromatic N) is 1. The summed E-state index contributed by atoms with van der Waals surface area (Å²) in [5.74, 6) is -0.217. The maximum absolute atomic E-state index is 12.0. The van der Waals surface area contributed by atoms with E-state index >= 15 is 0 Å². The normalized spacial score (nSPS) is 12.5. The highest BCUT2D eigenvalue weighted by atomic mass is 32.1. The van der Waals surface area contributed by atoms with Gasteiger partial charge in [0.05, 0.1) is 11.7 Å². The van der Waals surface area contributed by atoms with Gasteiger partial charge >= 0.3 is 0 Å². The molecule has 0 aliphatic rings. The van der Waals surface area contributed by atoms with Gasteiger partial charge in [-0.05, 0) is 29.6 Å². The van der Waals surface area contributed by atoms with Gasteiger partial charge in [0.15, 0.2) is 0 Å². The summed E-state index contributed by atoms with van der Waals surface area (Å²) in [4.78, 5) is 12.9. The number of aromatic nitrogens is 2. The highest BCUT2D eigenvalue weighted by molar-refractivity contribution is 7.10. The summed E-state index contributed by atoms with van der Waals surface area (Å²) < 4.78 is 0. The summed E-state index contributed by atoms with van der Waals surface area (Å²) in [7, 11) is 0. The third-order valence-electron chi connectivity index (χ3n) is 2.84. The molecule has 19 heavy (non-hydrogen) atoms. The second-order valence-corrected chi connectivity index (χ2v) is 5.13. The van der Waals surface area contributed by atoms with Crippen molar-refractivity contribution in [1.82, 2.24) is 10.2 Å². The van der Waals surface area contributed by atoms with E-state index in [1.807, 2.05) is 35.7 Å². The molecule has 0 radical (unpaired) electrons. The van der Waals surface area contributed by atoms with Crippen molar-refractivity contribution in [3.05, 3.63) is 46.8 Å². The van der Waals surface area contributed by atoms with Crippen LogP contribution in [0.15, 0.2) is 41.9 Å². The first-order valence-electron chi connectivity index (χ1n) is 5.77. The fourth-order valence-electron chi connectivity index (χ4n) is 1.84. The molecular formula is C13H12N4OS. The number of rotatable bonds is 3. The van der Waals surface area contributed by atoms with Crippen LogP contribution in [-0.2, 0) is 4.79 Å². The molecule has 4 N–H and O–H groups in total. The van der Waals surface area contributed by atoms with Gasteiger partial charge in [-0.2, -0.15) is 5.10 Å². The van der Waals surface area contributed by atoms with Gasteiger partial charge in [0.25, 0.3) is 0 Å². The smallest absolute Gasteiger partial charge is 0.246 e. The molecule has 2 heterocycles. The van der Waals surface area contributed by atoms with Crippen molar-refractivity contribution in [1.29, 1.82) is 0 Å². The number of carbonyl (C=O) groups is 1. The standard InChI is InChI=1S/C13H12N4OS/c14-12(11-2-1-5-19-11)13(18)16-9-3-4-10-8(6-9)7-15-17-10/h1-7,12H,14H2,(H,15,17)(H,16,18). The van der Waals surface area contributed by atoms with E-state index in [1.54, 1.807) is 6.20 Å². The number of amides is 1. The van der Waals surface area contributed by atoms with E-state index in [-0.39, 0.29) is 5.91 Å². The van der Waals surface area contributed by atoms with Crippen LogP contribution in [0.4, 0.5) is 5.69 Å². The van der Waals surface area contributed by atoms with Gasteiger partial charge in [-0.25, -0.2) is 0 Å². The van der Waals surface area contributed by atoms with Crippen LogP contribution in [0, 0.1) is 0 Å². The van der Waals surface area contributed by atoms with Crippen LogP contribution in [0.5, 0.6) is 0 Å². The van der Waals surface area contributed by atoms with Crippen LogP contribution in [0.2, 0.25) is 0 Å². The molecule has 3 rings (SSSR count). The molecule has 3 aromatic rings. The number of hydrogen-bond donors (Lipinski definition) is 3. The Balaban J connectivity index is 1.78. The zero-order valence-corrected chi connectivity index (χ0v) is 10.8. The average Bonchev–Trinajstić information content (AvgIpc) is 3.08. The van der Waals surface area contributed by atoms with Crippen LogP contribution in [0.1, 0.15) is 10.9 Å². The van der Waals surface area contributed by atoms with Crippen molar-refractivity contribution in [3.63, 3.8) is 0 Å². The Morgan fingerprint density at radius 2 is 2.32 bits per heavy atom. The second-order valence-electron chi connectivity index (χ2n) is 4.15. The van der Waals surface area contributed by atoms with Gasteiger partial charge in [-0.15, -0.1) is 11.3 Å². The highest BCUT2D eigenvalue weighted by Gasteiger charge is 2.16. The molecule has 1 amide bonds. The lowest BCUT2D eigenvalue weighted by molar-refractivity contribution is -0.117. The Morgan fingerprint density at radius 3 is 3.11 bits per heavy atom. The van der Waals surface area contributed by atoms with E-state index in [4.69, 9.17) is 5.73 Å². The third kappa shape index (κ3) is 2.35. The lowest BCUT2D eigenvalue weighted by Gasteiger charge is -2.10. The van der Waals surface area contributed by atoms with Gasteiger partial charge in [-0.3, -0.25) is 9.89 Å².